The van der Waals surface area contributed by atoms with E-state index < -0.39 is 0 Å². The number of ether oxygens (including phenoxy) is 2. The van der Waals surface area contributed by atoms with E-state index in [9.17, 15) is 4.79 Å². The number of amidine groups is 1. The van der Waals surface area contributed by atoms with E-state index in [1.165, 1.54) is 0 Å². The van der Waals surface area contributed by atoms with Crippen LogP contribution in [-0.2, 0) is 11.2 Å². The lowest BCUT2D eigenvalue weighted by Crippen LogP contribution is -2.51. The van der Waals surface area contributed by atoms with Gasteiger partial charge in [-0.3, -0.25) is 4.79 Å². The summed E-state index contributed by atoms with van der Waals surface area (Å²) in [4.78, 5) is 23.0. The van der Waals surface area contributed by atoms with Crippen molar-refractivity contribution in [2.24, 2.45) is 4.99 Å². The van der Waals surface area contributed by atoms with Gasteiger partial charge < -0.3 is 19.3 Å². The minimum absolute atomic E-state index is 0.181. The topological polar surface area (TPSA) is 54.4 Å². The zero-order valence-corrected chi connectivity index (χ0v) is 18.1. The highest BCUT2D eigenvalue weighted by Gasteiger charge is 2.28. The van der Waals surface area contributed by atoms with Crippen molar-refractivity contribution in [2.75, 3.05) is 33.3 Å². The van der Waals surface area contributed by atoms with Gasteiger partial charge in [-0.1, -0.05) is 18.2 Å². The number of hydrogen-bond acceptors (Lipinski definition) is 6. The van der Waals surface area contributed by atoms with Crippen molar-refractivity contribution in [2.45, 2.75) is 6.42 Å². The molecule has 1 saturated heterocycles. The fraction of sp³-hybridized carbons (Fsp3) is 0.250. The fourth-order valence-electron chi connectivity index (χ4n) is 3.91. The predicted octanol–water partition coefficient (Wildman–Crippen LogP) is 4.33. The molecule has 2 aliphatic heterocycles. The molecule has 1 fully saturated rings. The van der Waals surface area contributed by atoms with Crippen molar-refractivity contribution in [3.63, 3.8) is 0 Å². The number of aliphatic imine (C=N–C) groups is 1. The third-order valence-electron chi connectivity index (χ3n) is 5.58. The smallest absolute Gasteiger partial charge is 0.227 e. The van der Waals surface area contributed by atoms with Gasteiger partial charge in [-0.2, -0.15) is 0 Å². The SMILES string of the molecule is COc1ccc2c(c1)C(N1CCN(C(=O)Cc3cccs3)CC1)=Nc1ccccc1O2. The number of carbonyl (C=O) groups excluding carboxylic acids is 1. The molecule has 0 spiro atoms. The molecule has 3 heterocycles. The van der Waals surface area contributed by atoms with Gasteiger partial charge in [0.05, 0.1) is 19.1 Å². The van der Waals surface area contributed by atoms with Crippen molar-refractivity contribution in [1.29, 1.82) is 0 Å². The highest BCUT2D eigenvalue weighted by atomic mass is 32.1. The van der Waals surface area contributed by atoms with Crippen molar-refractivity contribution < 1.29 is 14.3 Å². The minimum Gasteiger partial charge on any atom is -0.497 e. The standard InChI is InChI=1S/C24H23N3O3S/c1-29-17-8-9-21-19(15-17)24(25-20-6-2-3-7-22(20)30-21)27-12-10-26(11-13-27)23(28)16-18-5-4-14-31-18/h2-9,14-15H,10-13,16H2,1H3. The van der Waals surface area contributed by atoms with Crippen molar-refractivity contribution in [3.05, 3.63) is 70.4 Å². The summed E-state index contributed by atoms with van der Waals surface area (Å²) in [6.45, 7) is 2.78. The Hall–Kier alpha value is -3.32. The van der Waals surface area contributed by atoms with E-state index in [0.29, 0.717) is 32.6 Å². The first-order chi connectivity index (χ1) is 15.2. The van der Waals surface area contributed by atoms with Crippen LogP contribution in [-0.4, -0.2) is 54.8 Å². The molecule has 1 aromatic heterocycles. The van der Waals surface area contributed by atoms with Crippen LogP contribution in [0.25, 0.3) is 0 Å². The molecule has 3 aromatic rings. The second kappa shape index (κ2) is 8.43. The maximum absolute atomic E-state index is 12.7. The Morgan fingerprint density at radius 1 is 1.06 bits per heavy atom. The van der Waals surface area contributed by atoms with Crippen LogP contribution in [0, 0.1) is 0 Å². The monoisotopic (exact) mass is 433 g/mol. The number of carbonyl (C=O) groups is 1. The van der Waals surface area contributed by atoms with Crippen LogP contribution in [0.2, 0.25) is 0 Å². The Morgan fingerprint density at radius 3 is 2.68 bits per heavy atom. The summed E-state index contributed by atoms with van der Waals surface area (Å²) in [5.41, 5.74) is 1.69. The molecule has 0 N–H and O–H groups in total. The summed E-state index contributed by atoms with van der Waals surface area (Å²) in [5.74, 6) is 3.27. The summed E-state index contributed by atoms with van der Waals surface area (Å²) >= 11 is 1.63. The lowest BCUT2D eigenvalue weighted by molar-refractivity contribution is -0.131. The van der Waals surface area contributed by atoms with Gasteiger partial charge in [0.15, 0.2) is 5.75 Å². The third-order valence-corrected chi connectivity index (χ3v) is 6.45. The Kier molecular flexibility index (Phi) is 5.34. The molecule has 7 heteroatoms. The summed E-state index contributed by atoms with van der Waals surface area (Å²) in [7, 11) is 1.66. The van der Waals surface area contributed by atoms with Crippen LogP contribution in [0.15, 0.2) is 65.0 Å². The minimum atomic E-state index is 0.181. The average Bonchev–Trinajstić information content (AvgIpc) is 3.26. The van der Waals surface area contributed by atoms with Gasteiger partial charge in [-0.25, -0.2) is 4.99 Å². The Bertz CT molecular complexity index is 1120. The summed E-state index contributed by atoms with van der Waals surface area (Å²) < 4.78 is 11.6. The van der Waals surface area contributed by atoms with E-state index in [4.69, 9.17) is 14.5 Å². The number of piperazine rings is 1. The molecule has 5 rings (SSSR count). The number of para-hydroxylation sites is 2. The van der Waals surface area contributed by atoms with Gasteiger partial charge in [0, 0.05) is 31.1 Å². The first-order valence-corrected chi connectivity index (χ1v) is 11.2. The number of amides is 1. The first kappa shape index (κ1) is 19.6. The van der Waals surface area contributed by atoms with Crippen LogP contribution in [0.1, 0.15) is 10.4 Å². The highest BCUT2D eigenvalue weighted by Crippen LogP contribution is 2.39. The second-order valence-corrected chi connectivity index (χ2v) is 8.52. The van der Waals surface area contributed by atoms with Gasteiger partial charge in [-0.05, 0) is 41.8 Å². The van der Waals surface area contributed by atoms with Gasteiger partial charge in [0.2, 0.25) is 5.91 Å². The maximum Gasteiger partial charge on any atom is 0.227 e. The Morgan fingerprint density at radius 2 is 1.90 bits per heavy atom. The van der Waals surface area contributed by atoms with E-state index in [2.05, 4.69) is 4.90 Å². The Balaban J connectivity index is 1.40. The number of fused-ring (bicyclic) bond motifs is 2. The molecule has 0 radical (unpaired) electrons. The average molecular weight is 434 g/mol. The normalized spacial score (nSPS) is 15.3. The van der Waals surface area contributed by atoms with E-state index in [1.807, 2.05) is 64.9 Å². The number of hydrogen-bond donors (Lipinski definition) is 0. The number of methoxy groups -OCH3 is 1. The van der Waals surface area contributed by atoms with Crippen molar-refractivity contribution >= 4 is 28.8 Å². The molecular weight excluding hydrogens is 410 g/mol. The number of nitrogens with zero attached hydrogens (tertiary/aromatic N) is 3. The molecule has 1 amide bonds. The van der Waals surface area contributed by atoms with E-state index >= 15 is 0 Å². The molecule has 2 aliphatic rings. The van der Waals surface area contributed by atoms with Crippen molar-refractivity contribution in [1.82, 2.24) is 9.80 Å². The Labute approximate surface area is 185 Å². The van der Waals surface area contributed by atoms with Gasteiger partial charge >= 0.3 is 0 Å². The van der Waals surface area contributed by atoms with Crippen LogP contribution < -0.4 is 9.47 Å². The predicted molar refractivity (Wildman–Crippen MR) is 122 cm³/mol. The van der Waals surface area contributed by atoms with Crippen LogP contribution in [0.5, 0.6) is 17.2 Å². The molecule has 6 nitrogen and oxygen atoms in total. The largest absolute Gasteiger partial charge is 0.497 e. The highest BCUT2D eigenvalue weighted by molar-refractivity contribution is 7.10. The number of thiophene rings is 1. The number of rotatable bonds is 3. The summed E-state index contributed by atoms with van der Waals surface area (Å²) in [5, 5.41) is 2.01. The molecule has 158 valence electrons. The quantitative estimate of drug-likeness (QED) is 0.617. The van der Waals surface area contributed by atoms with E-state index in [-0.39, 0.29) is 5.91 Å². The van der Waals surface area contributed by atoms with Crippen LogP contribution in [0.4, 0.5) is 5.69 Å². The van der Waals surface area contributed by atoms with E-state index in [1.54, 1.807) is 18.4 Å². The molecule has 0 bridgehead atoms. The molecular formula is C24H23N3O3S. The molecule has 0 atom stereocenters. The summed E-state index contributed by atoms with van der Waals surface area (Å²) in [6.07, 6.45) is 0.472. The van der Waals surface area contributed by atoms with Crippen molar-refractivity contribution in [3.8, 4) is 17.2 Å². The van der Waals surface area contributed by atoms with E-state index in [0.717, 1.165) is 39.2 Å². The maximum atomic E-state index is 12.7. The van der Waals surface area contributed by atoms with Gasteiger partial charge in [-0.15, -0.1) is 11.3 Å². The van der Waals surface area contributed by atoms with Crippen LogP contribution >= 0.6 is 11.3 Å². The lowest BCUT2D eigenvalue weighted by Gasteiger charge is -2.36. The zero-order valence-electron chi connectivity index (χ0n) is 17.3. The fourth-order valence-corrected chi connectivity index (χ4v) is 4.61. The zero-order chi connectivity index (χ0) is 21.2. The molecule has 0 aliphatic carbocycles. The lowest BCUT2D eigenvalue weighted by atomic mass is 10.1. The van der Waals surface area contributed by atoms with Gasteiger partial charge in [0.25, 0.3) is 0 Å². The van der Waals surface area contributed by atoms with Crippen LogP contribution in [0.3, 0.4) is 0 Å². The molecule has 31 heavy (non-hydrogen) atoms. The molecule has 2 aromatic carbocycles. The third kappa shape index (κ3) is 4.01. The second-order valence-electron chi connectivity index (χ2n) is 7.49. The number of benzene rings is 2. The summed E-state index contributed by atoms with van der Waals surface area (Å²) in [6, 6.07) is 17.6. The van der Waals surface area contributed by atoms with Gasteiger partial charge in [0.1, 0.15) is 23.0 Å². The molecule has 0 unspecified atom stereocenters. The molecule has 0 saturated carbocycles. The first-order valence-electron chi connectivity index (χ1n) is 10.3.